The fraction of sp³-hybridized carbons (Fsp3) is 0.364. The molecule has 1 fully saturated rings. The molecular weight excluding hydrogens is 234 g/mol. The van der Waals surface area contributed by atoms with E-state index in [1.54, 1.807) is 0 Å². The minimum atomic E-state index is -1.56. The summed E-state index contributed by atoms with van der Waals surface area (Å²) in [4.78, 5) is 11.6. The normalized spacial score (nSPS) is 22.4. The van der Waals surface area contributed by atoms with Crippen molar-refractivity contribution in [1.82, 2.24) is 0 Å². The summed E-state index contributed by atoms with van der Waals surface area (Å²) in [5.41, 5.74) is 0. The fourth-order valence-electron chi connectivity index (χ4n) is 1.78. The van der Waals surface area contributed by atoms with Gasteiger partial charge in [0.1, 0.15) is 5.78 Å². The number of rotatable bonds is 2. The number of ketones is 1. The SMILES string of the molecule is O=C1CCCC1S(=O)c1ccc(F)c(F)c1. The van der Waals surface area contributed by atoms with E-state index in [4.69, 9.17) is 0 Å². The van der Waals surface area contributed by atoms with Crippen LogP contribution in [0.1, 0.15) is 19.3 Å². The van der Waals surface area contributed by atoms with Crippen LogP contribution in [0.15, 0.2) is 23.1 Å². The predicted octanol–water partition coefficient (Wildman–Crippen LogP) is 2.19. The van der Waals surface area contributed by atoms with E-state index in [1.807, 2.05) is 0 Å². The van der Waals surface area contributed by atoms with Gasteiger partial charge in [-0.3, -0.25) is 9.00 Å². The second kappa shape index (κ2) is 4.41. The predicted molar refractivity (Wildman–Crippen MR) is 55.4 cm³/mol. The minimum absolute atomic E-state index is 0.0527. The van der Waals surface area contributed by atoms with Gasteiger partial charge in [0, 0.05) is 11.3 Å². The maximum atomic E-state index is 12.9. The van der Waals surface area contributed by atoms with Crippen molar-refractivity contribution >= 4 is 16.6 Å². The zero-order chi connectivity index (χ0) is 11.7. The molecule has 2 nitrogen and oxygen atoms in total. The van der Waals surface area contributed by atoms with Gasteiger partial charge in [0.25, 0.3) is 0 Å². The number of halogens is 2. The van der Waals surface area contributed by atoms with E-state index in [9.17, 15) is 17.8 Å². The Labute approximate surface area is 94.1 Å². The first kappa shape index (κ1) is 11.4. The third-order valence-electron chi connectivity index (χ3n) is 2.63. The largest absolute Gasteiger partial charge is 0.298 e. The summed E-state index contributed by atoms with van der Waals surface area (Å²) >= 11 is 0. The Bertz CT molecular complexity index is 459. The Kier molecular flexibility index (Phi) is 3.14. The molecule has 0 radical (unpaired) electrons. The van der Waals surface area contributed by atoms with Crippen molar-refractivity contribution in [2.75, 3.05) is 0 Å². The Morgan fingerprint density at radius 1 is 1.25 bits per heavy atom. The van der Waals surface area contributed by atoms with Crippen LogP contribution in [-0.2, 0) is 15.6 Å². The molecule has 2 atom stereocenters. The molecule has 1 aromatic carbocycles. The molecule has 0 spiro atoms. The number of carbonyl (C=O) groups is 1. The van der Waals surface area contributed by atoms with E-state index in [-0.39, 0.29) is 10.7 Å². The van der Waals surface area contributed by atoms with E-state index in [0.717, 1.165) is 18.6 Å². The van der Waals surface area contributed by atoms with E-state index < -0.39 is 27.7 Å². The molecule has 0 aromatic heterocycles. The van der Waals surface area contributed by atoms with Crippen LogP contribution in [0, 0.1) is 11.6 Å². The van der Waals surface area contributed by atoms with Gasteiger partial charge in [-0.05, 0) is 31.0 Å². The highest BCUT2D eigenvalue weighted by Crippen LogP contribution is 2.24. The van der Waals surface area contributed by atoms with Gasteiger partial charge in [-0.1, -0.05) is 0 Å². The van der Waals surface area contributed by atoms with Gasteiger partial charge < -0.3 is 0 Å². The second-order valence-corrected chi connectivity index (χ2v) is 5.36. The topological polar surface area (TPSA) is 34.1 Å². The monoisotopic (exact) mass is 244 g/mol. The third kappa shape index (κ3) is 2.04. The maximum absolute atomic E-state index is 12.9. The summed E-state index contributed by atoms with van der Waals surface area (Å²) in [5, 5.41) is -0.551. The zero-order valence-electron chi connectivity index (χ0n) is 8.41. The van der Waals surface area contributed by atoms with Gasteiger partial charge >= 0.3 is 0 Å². The molecule has 0 heterocycles. The number of Topliss-reactive ketones (excluding diaryl/α,β-unsaturated/α-hetero) is 1. The lowest BCUT2D eigenvalue weighted by molar-refractivity contribution is -0.117. The van der Waals surface area contributed by atoms with Crippen molar-refractivity contribution < 1.29 is 17.8 Å². The average molecular weight is 244 g/mol. The fourth-order valence-corrected chi connectivity index (χ4v) is 3.26. The van der Waals surface area contributed by atoms with Gasteiger partial charge in [0.05, 0.1) is 16.0 Å². The van der Waals surface area contributed by atoms with Crippen LogP contribution < -0.4 is 0 Å². The van der Waals surface area contributed by atoms with E-state index in [0.29, 0.717) is 12.8 Å². The number of hydrogen-bond donors (Lipinski definition) is 0. The maximum Gasteiger partial charge on any atom is 0.160 e. The van der Waals surface area contributed by atoms with Crippen LogP contribution >= 0.6 is 0 Å². The molecule has 1 aliphatic rings. The van der Waals surface area contributed by atoms with E-state index in [1.165, 1.54) is 6.07 Å². The van der Waals surface area contributed by atoms with Crippen LogP contribution in [0.2, 0.25) is 0 Å². The van der Waals surface area contributed by atoms with Crippen molar-refractivity contribution in [3.63, 3.8) is 0 Å². The van der Waals surface area contributed by atoms with Crippen LogP contribution in [0.3, 0.4) is 0 Å². The number of carbonyl (C=O) groups excluding carboxylic acids is 1. The standard InChI is InChI=1S/C11H10F2O2S/c12-8-5-4-7(6-9(8)13)16(15)11-3-1-2-10(11)14/h4-6,11H,1-3H2. The molecule has 1 saturated carbocycles. The first-order valence-corrected chi connectivity index (χ1v) is 6.19. The first-order valence-electron chi connectivity index (χ1n) is 4.98. The van der Waals surface area contributed by atoms with Crippen LogP contribution in [0.4, 0.5) is 8.78 Å². The lowest BCUT2D eigenvalue weighted by Crippen LogP contribution is -2.19. The van der Waals surface area contributed by atoms with Crippen LogP contribution in [-0.4, -0.2) is 15.2 Å². The molecule has 2 unspecified atom stereocenters. The van der Waals surface area contributed by atoms with Gasteiger partial charge in [-0.25, -0.2) is 8.78 Å². The van der Waals surface area contributed by atoms with Crippen molar-refractivity contribution in [3.8, 4) is 0 Å². The van der Waals surface area contributed by atoms with Gasteiger partial charge in [-0.15, -0.1) is 0 Å². The molecule has 16 heavy (non-hydrogen) atoms. The highest BCUT2D eigenvalue weighted by atomic mass is 32.2. The van der Waals surface area contributed by atoms with Gasteiger partial charge in [0.2, 0.25) is 0 Å². The summed E-state index contributed by atoms with van der Waals surface area (Å²) in [5.74, 6) is -2.06. The highest BCUT2D eigenvalue weighted by molar-refractivity contribution is 7.86. The summed E-state index contributed by atoms with van der Waals surface area (Å²) in [6.07, 6.45) is 1.71. The number of hydrogen-bond acceptors (Lipinski definition) is 2. The first-order chi connectivity index (χ1) is 7.59. The van der Waals surface area contributed by atoms with Gasteiger partial charge in [0.15, 0.2) is 11.6 Å². The Balaban J connectivity index is 2.27. The van der Waals surface area contributed by atoms with E-state index >= 15 is 0 Å². The van der Waals surface area contributed by atoms with Crippen molar-refractivity contribution in [2.45, 2.75) is 29.4 Å². The molecule has 2 rings (SSSR count). The van der Waals surface area contributed by atoms with Crippen LogP contribution in [0.25, 0.3) is 0 Å². The lowest BCUT2D eigenvalue weighted by Gasteiger charge is -2.08. The minimum Gasteiger partial charge on any atom is -0.298 e. The summed E-state index contributed by atoms with van der Waals surface area (Å²) in [6.45, 7) is 0. The molecule has 5 heteroatoms. The van der Waals surface area contributed by atoms with Crippen molar-refractivity contribution in [1.29, 1.82) is 0 Å². The average Bonchev–Trinajstić information content (AvgIpc) is 2.67. The second-order valence-electron chi connectivity index (χ2n) is 3.72. The molecule has 86 valence electrons. The highest BCUT2D eigenvalue weighted by Gasteiger charge is 2.30. The molecule has 0 amide bonds. The molecule has 1 aromatic rings. The quantitative estimate of drug-likeness (QED) is 0.799. The van der Waals surface area contributed by atoms with Gasteiger partial charge in [-0.2, -0.15) is 0 Å². The molecule has 1 aliphatic carbocycles. The Morgan fingerprint density at radius 2 is 2.00 bits per heavy atom. The van der Waals surface area contributed by atoms with E-state index in [2.05, 4.69) is 0 Å². The summed E-state index contributed by atoms with van der Waals surface area (Å²) < 4.78 is 37.5. The third-order valence-corrected chi connectivity index (χ3v) is 4.36. The molecule has 0 bridgehead atoms. The Hall–Kier alpha value is -1.10. The molecule has 0 saturated heterocycles. The molecular formula is C11H10F2O2S. The molecule has 0 N–H and O–H groups in total. The number of benzene rings is 1. The van der Waals surface area contributed by atoms with Crippen molar-refractivity contribution in [2.24, 2.45) is 0 Å². The smallest absolute Gasteiger partial charge is 0.160 e. The Morgan fingerprint density at radius 3 is 2.56 bits per heavy atom. The van der Waals surface area contributed by atoms with Crippen molar-refractivity contribution in [3.05, 3.63) is 29.8 Å². The zero-order valence-corrected chi connectivity index (χ0v) is 9.23. The lowest BCUT2D eigenvalue weighted by atomic mass is 10.3. The summed E-state index contributed by atoms with van der Waals surface area (Å²) in [7, 11) is -1.56. The molecule has 0 aliphatic heterocycles. The van der Waals surface area contributed by atoms with Crippen LogP contribution in [0.5, 0.6) is 0 Å². The summed E-state index contributed by atoms with van der Waals surface area (Å²) in [6, 6.07) is 3.10.